The van der Waals surface area contributed by atoms with Gasteiger partial charge in [-0.2, -0.15) is 0 Å². The summed E-state index contributed by atoms with van der Waals surface area (Å²) in [5, 5.41) is 8.38. The molecule has 1 saturated heterocycles. The predicted molar refractivity (Wildman–Crippen MR) is 101 cm³/mol. The van der Waals surface area contributed by atoms with Gasteiger partial charge < -0.3 is 9.80 Å². The van der Waals surface area contributed by atoms with Crippen LogP contribution in [0.3, 0.4) is 0 Å². The van der Waals surface area contributed by atoms with Gasteiger partial charge in [0, 0.05) is 37.4 Å². The van der Waals surface area contributed by atoms with Crippen molar-refractivity contribution in [3.63, 3.8) is 0 Å². The van der Waals surface area contributed by atoms with Gasteiger partial charge in [0.2, 0.25) is 5.91 Å². The maximum Gasteiger partial charge on any atom is 0.255 e. The molecular weight excluding hydrogens is 366 g/mol. The van der Waals surface area contributed by atoms with Gasteiger partial charge in [-0.3, -0.25) is 14.0 Å². The number of fused-ring (bicyclic) bond motifs is 1. The maximum absolute atomic E-state index is 12.7. The number of nitrogens with zero attached hydrogens (tertiary/aromatic N) is 5. The zero-order chi connectivity index (χ0) is 18.8. The normalized spacial score (nSPS) is 14.6. The minimum Gasteiger partial charge on any atom is -0.339 e. The second-order valence-electron chi connectivity index (χ2n) is 6.49. The van der Waals surface area contributed by atoms with Gasteiger partial charge in [0.05, 0.1) is 12.0 Å². The van der Waals surface area contributed by atoms with Gasteiger partial charge >= 0.3 is 0 Å². The van der Waals surface area contributed by atoms with Crippen LogP contribution in [0.5, 0.6) is 0 Å². The van der Waals surface area contributed by atoms with Crippen molar-refractivity contribution < 1.29 is 9.59 Å². The number of rotatable bonds is 3. The minimum atomic E-state index is -0.0486. The molecule has 7 nitrogen and oxygen atoms in total. The molecule has 4 rings (SSSR count). The Morgan fingerprint density at radius 1 is 1.04 bits per heavy atom. The van der Waals surface area contributed by atoms with Gasteiger partial charge in [0.15, 0.2) is 5.65 Å². The van der Waals surface area contributed by atoms with E-state index >= 15 is 0 Å². The SMILES string of the molecule is O=C(Cc1cccc(Cl)c1)N1CCN(C(=O)c2ccc3nncn3c2)CC1. The van der Waals surface area contributed by atoms with Gasteiger partial charge in [0.1, 0.15) is 6.33 Å². The molecule has 0 radical (unpaired) electrons. The number of halogens is 1. The van der Waals surface area contributed by atoms with Crippen LogP contribution in [0.15, 0.2) is 48.9 Å². The van der Waals surface area contributed by atoms with Crippen molar-refractivity contribution in [3.05, 3.63) is 65.1 Å². The van der Waals surface area contributed by atoms with Gasteiger partial charge in [0.25, 0.3) is 5.91 Å². The van der Waals surface area contributed by atoms with Crippen LogP contribution in [0.2, 0.25) is 5.02 Å². The summed E-state index contributed by atoms with van der Waals surface area (Å²) >= 11 is 5.98. The zero-order valence-electron chi connectivity index (χ0n) is 14.6. The molecule has 138 valence electrons. The molecule has 3 aromatic rings. The fraction of sp³-hybridized carbons (Fsp3) is 0.263. The lowest BCUT2D eigenvalue weighted by atomic mass is 10.1. The number of carbonyl (C=O) groups excluding carboxylic acids is 2. The Balaban J connectivity index is 1.36. The topological polar surface area (TPSA) is 70.8 Å². The lowest BCUT2D eigenvalue weighted by molar-refractivity contribution is -0.131. The van der Waals surface area contributed by atoms with Crippen LogP contribution in [0.25, 0.3) is 5.65 Å². The Morgan fingerprint density at radius 2 is 1.81 bits per heavy atom. The van der Waals surface area contributed by atoms with E-state index in [9.17, 15) is 9.59 Å². The average molecular weight is 384 g/mol. The predicted octanol–water partition coefficient (Wildman–Crippen LogP) is 1.91. The second kappa shape index (κ2) is 7.36. The third-order valence-corrected chi connectivity index (χ3v) is 4.94. The molecule has 0 saturated carbocycles. The van der Waals surface area contributed by atoms with Crippen molar-refractivity contribution in [1.29, 1.82) is 0 Å². The van der Waals surface area contributed by atoms with Crippen LogP contribution in [-0.4, -0.2) is 62.4 Å². The van der Waals surface area contributed by atoms with E-state index in [0.717, 1.165) is 5.56 Å². The molecule has 2 amide bonds. The summed E-state index contributed by atoms with van der Waals surface area (Å²) in [7, 11) is 0. The second-order valence-corrected chi connectivity index (χ2v) is 6.93. The van der Waals surface area contributed by atoms with Crippen LogP contribution >= 0.6 is 11.6 Å². The van der Waals surface area contributed by atoms with Gasteiger partial charge in [-0.25, -0.2) is 0 Å². The highest BCUT2D eigenvalue weighted by Crippen LogP contribution is 2.14. The number of benzene rings is 1. The first-order valence-electron chi connectivity index (χ1n) is 8.71. The number of amides is 2. The first-order valence-corrected chi connectivity index (χ1v) is 9.09. The molecule has 0 atom stereocenters. The monoisotopic (exact) mass is 383 g/mol. The molecule has 0 spiro atoms. The summed E-state index contributed by atoms with van der Waals surface area (Å²) in [5.41, 5.74) is 2.18. The van der Waals surface area contributed by atoms with Gasteiger partial charge in [-0.05, 0) is 29.8 Å². The van der Waals surface area contributed by atoms with Crippen LogP contribution in [-0.2, 0) is 11.2 Å². The van der Waals surface area contributed by atoms with Crippen LogP contribution in [0, 0.1) is 0 Å². The first kappa shape index (κ1) is 17.5. The summed E-state index contributed by atoms with van der Waals surface area (Å²) in [4.78, 5) is 28.8. The molecule has 0 bridgehead atoms. The third-order valence-electron chi connectivity index (χ3n) is 4.70. The van der Waals surface area contributed by atoms with Crippen molar-refractivity contribution >= 4 is 29.1 Å². The molecular formula is C19H18ClN5O2. The quantitative estimate of drug-likeness (QED) is 0.692. The molecule has 3 heterocycles. The highest BCUT2D eigenvalue weighted by Gasteiger charge is 2.25. The van der Waals surface area contributed by atoms with E-state index in [1.807, 2.05) is 12.1 Å². The van der Waals surface area contributed by atoms with Crippen molar-refractivity contribution in [1.82, 2.24) is 24.4 Å². The van der Waals surface area contributed by atoms with Gasteiger partial charge in [-0.15, -0.1) is 10.2 Å². The molecule has 1 aliphatic heterocycles. The molecule has 2 aromatic heterocycles. The third kappa shape index (κ3) is 3.78. The van der Waals surface area contributed by atoms with Crippen LogP contribution in [0.1, 0.15) is 15.9 Å². The number of carbonyl (C=O) groups is 2. The Morgan fingerprint density at radius 3 is 2.59 bits per heavy atom. The molecule has 27 heavy (non-hydrogen) atoms. The van der Waals surface area contributed by atoms with Crippen molar-refractivity contribution in [2.24, 2.45) is 0 Å². The zero-order valence-corrected chi connectivity index (χ0v) is 15.3. The summed E-state index contributed by atoms with van der Waals surface area (Å²) in [6.07, 6.45) is 3.62. The molecule has 8 heteroatoms. The molecule has 1 fully saturated rings. The largest absolute Gasteiger partial charge is 0.339 e. The van der Waals surface area contributed by atoms with Crippen molar-refractivity contribution in [2.45, 2.75) is 6.42 Å². The van der Waals surface area contributed by atoms with E-state index in [4.69, 9.17) is 11.6 Å². The fourth-order valence-corrected chi connectivity index (χ4v) is 3.44. The summed E-state index contributed by atoms with van der Waals surface area (Å²) in [6, 6.07) is 10.9. The Bertz CT molecular complexity index is 994. The molecule has 1 aromatic carbocycles. The fourth-order valence-electron chi connectivity index (χ4n) is 3.23. The Kier molecular flexibility index (Phi) is 4.77. The van der Waals surface area contributed by atoms with E-state index in [1.165, 1.54) is 0 Å². The number of piperazine rings is 1. The summed E-state index contributed by atoms with van der Waals surface area (Å²) in [6.45, 7) is 2.08. The molecule has 0 N–H and O–H groups in total. The summed E-state index contributed by atoms with van der Waals surface area (Å²) in [5.74, 6) is 0.00261. The summed E-state index contributed by atoms with van der Waals surface area (Å²) < 4.78 is 1.72. The Labute approximate surface area is 161 Å². The van der Waals surface area contributed by atoms with E-state index in [0.29, 0.717) is 48.8 Å². The van der Waals surface area contributed by atoms with E-state index in [-0.39, 0.29) is 11.8 Å². The number of pyridine rings is 1. The lowest BCUT2D eigenvalue weighted by Crippen LogP contribution is -2.51. The Hall–Kier alpha value is -2.93. The smallest absolute Gasteiger partial charge is 0.255 e. The maximum atomic E-state index is 12.7. The molecule has 0 unspecified atom stereocenters. The molecule has 0 aliphatic carbocycles. The highest BCUT2D eigenvalue weighted by atomic mass is 35.5. The van der Waals surface area contributed by atoms with E-state index in [2.05, 4.69) is 10.2 Å². The minimum absolute atomic E-state index is 0.0486. The number of hydrogen-bond donors (Lipinski definition) is 0. The average Bonchev–Trinajstić information content (AvgIpc) is 3.15. The standard InChI is InChI=1S/C19H18ClN5O2/c20-16-3-1-2-14(10-16)11-18(26)23-6-8-24(9-7-23)19(27)15-4-5-17-22-21-13-25(17)12-15/h1-5,10,12-13H,6-9,11H2. The van der Waals surface area contributed by atoms with Crippen LogP contribution < -0.4 is 0 Å². The van der Waals surface area contributed by atoms with Crippen LogP contribution in [0.4, 0.5) is 0 Å². The first-order chi connectivity index (χ1) is 13.1. The highest BCUT2D eigenvalue weighted by molar-refractivity contribution is 6.30. The number of aromatic nitrogens is 3. The van der Waals surface area contributed by atoms with Crippen molar-refractivity contribution in [2.75, 3.05) is 26.2 Å². The van der Waals surface area contributed by atoms with E-state index < -0.39 is 0 Å². The van der Waals surface area contributed by atoms with Gasteiger partial charge in [-0.1, -0.05) is 23.7 Å². The lowest BCUT2D eigenvalue weighted by Gasteiger charge is -2.35. The van der Waals surface area contributed by atoms with E-state index in [1.54, 1.807) is 51.0 Å². The van der Waals surface area contributed by atoms with Crippen molar-refractivity contribution in [3.8, 4) is 0 Å². The number of hydrogen-bond acceptors (Lipinski definition) is 4. The molecule has 1 aliphatic rings.